The minimum atomic E-state index is -3.47. The predicted molar refractivity (Wildman–Crippen MR) is 213 cm³/mol. The first-order chi connectivity index (χ1) is 24.2. The van der Waals surface area contributed by atoms with E-state index >= 15 is 4.57 Å². The third-order valence-corrected chi connectivity index (χ3v) is 15.0. The zero-order chi connectivity index (χ0) is 34.0. The zero-order valence-corrected chi connectivity index (χ0v) is 29.7. The van der Waals surface area contributed by atoms with Gasteiger partial charge in [-0.3, -0.25) is 0 Å². The monoisotopic (exact) mass is 660 g/mol. The third-order valence-electron chi connectivity index (χ3n) is 11.9. The molecular weight excluding hydrogens is 624 g/mol. The summed E-state index contributed by atoms with van der Waals surface area (Å²) in [5, 5.41) is 9.62. The van der Waals surface area contributed by atoms with Crippen molar-refractivity contribution in [1.29, 1.82) is 0 Å². The van der Waals surface area contributed by atoms with Gasteiger partial charge in [-0.15, -0.1) is 0 Å². The van der Waals surface area contributed by atoms with E-state index in [1.807, 2.05) is 0 Å². The maximum absolute atomic E-state index is 17.0. The predicted octanol–water partition coefficient (Wildman–Crippen LogP) is 11.4. The summed E-state index contributed by atoms with van der Waals surface area (Å²) in [5.74, 6) is 0. The highest BCUT2D eigenvalue weighted by Gasteiger charge is 2.41. The van der Waals surface area contributed by atoms with E-state index in [0.717, 1.165) is 32.1 Å². The molecular formula is C48H37OP. The van der Waals surface area contributed by atoms with Gasteiger partial charge in [0, 0.05) is 32.1 Å². The summed E-state index contributed by atoms with van der Waals surface area (Å²) < 4.78 is 17.0. The molecule has 0 saturated heterocycles. The van der Waals surface area contributed by atoms with Gasteiger partial charge in [-0.2, -0.15) is 0 Å². The number of benzene rings is 8. The Morgan fingerprint density at radius 3 is 1.26 bits per heavy atom. The molecule has 0 atom stereocenters. The lowest BCUT2D eigenvalue weighted by Gasteiger charge is -2.27. The van der Waals surface area contributed by atoms with Gasteiger partial charge < -0.3 is 4.57 Å². The molecule has 0 fully saturated rings. The van der Waals surface area contributed by atoms with Gasteiger partial charge in [0.2, 0.25) is 0 Å². The molecule has 240 valence electrons. The molecule has 0 spiro atoms. The van der Waals surface area contributed by atoms with Crippen LogP contribution in [0.5, 0.6) is 0 Å². The number of rotatable bonds is 3. The fourth-order valence-corrected chi connectivity index (χ4v) is 12.3. The summed E-state index contributed by atoms with van der Waals surface area (Å²) in [5.41, 5.74) is 9.71. The van der Waals surface area contributed by atoms with Gasteiger partial charge in [0.25, 0.3) is 0 Å². The molecule has 0 aliphatic heterocycles. The van der Waals surface area contributed by atoms with Gasteiger partial charge in [-0.25, -0.2) is 0 Å². The SMILES string of the molecule is CC1(C)c2ccccc2-c2ccc(P(=O)(c3ccc4c(c3)C(C)(C)c3ccccc3-4)c3cccc4c5ccccc5c5ccccc5c34)cc21. The highest BCUT2D eigenvalue weighted by Crippen LogP contribution is 2.54. The van der Waals surface area contributed by atoms with Crippen molar-refractivity contribution in [2.45, 2.75) is 38.5 Å². The van der Waals surface area contributed by atoms with Crippen LogP contribution in [0.2, 0.25) is 0 Å². The number of fused-ring (bicyclic) bond motifs is 12. The van der Waals surface area contributed by atoms with Crippen molar-refractivity contribution < 1.29 is 4.57 Å². The Balaban J connectivity index is 1.32. The first-order valence-electron chi connectivity index (χ1n) is 17.6. The average Bonchev–Trinajstić information content (AvgIpc) is 3.53. The van der Waals surface area contributed by atoms with E-state index in [9.17, 15) is 0 Å². The van der Waals surface area contributed by atoms with E-state index in [2.05, 4.69) is 179 Å². The number of hydrogen-bond acceptors (Lipinski definition) is 1. The van der Waals surface area contributed by atoms with Crippen molar-refractivity contribution in [3.8, 4) is 22.3 Å². The van der Waals surface area contributed by atoms with Crippen molar-refractivity contribution in [3.63, 3.8) is 0 Å². The van der Waals surface area contributed by atoms with Crippen molar-refractivity contribution in [2.75, 3.05) is 0 Å². The molecule has 8 aromatic rings. The molecule has 2 heteroatoms. The summed E-state index contributed by atoms with van der Waals surface area (Å²) >= 11 is 0. The van der Waals surface area contributed by atoms with Crippen molar-refractivity contribution >= 4 is 55.4 Å². The first kappa shape index (κ1) is 29.7. The van der Waals surface area contributed by atoms with Crippen LogP contribution in [-0.4, -0.2) is 0 Å². The lowest BCUT2D eigenvalue weighted by molar-refractivity contribution is 0.592. The van der Waals surface area contributed by atoms with Crippen LogP contribution in [0.1, 0.15) is 49.9 Å². The fourth-order valence-electron chi connectivity index (χ4n) is 9.40. The van der Waals surface area contributed by atoms with Gasteiger partial charge >= 0.3 is 0 Å². The molecule has 10 rings (SSSR count). The van der Waals surface area contributed by atoms with Crippen LogP contribution < -0.4 is 15.9 Å². The molecule has 0 aromatic heterocycles. The number of hydrogen-bond donors (Lipinski definition) is 0. The highest BCUT2D eigenvalue weighted by atomic mass is 31.2. The second kappa shape index (κ2) is 10.2. The molecule has 0 N–H and O–H groups in total. The Kier molecular flexibility index (Phi) is 6.03. The molecule has 2 aliphatic rings. The van der Waals surface area contributed by atoms with Crippen LogP contribution in [0.4, 0.5) is 0 Å². The van der Waals surface area contributed by atoms with Crippen LogP contribution in [0, 0.1) is 0 Å². The van der Waals surface area contributed by atoms with Crippen LogP contribution in [0.15, 0.2) is 152 Å². The quantitative estimate of drug-likeness (QED) is 0.136. The van der Waals surface area contributed by atoms with Crippen LogP contribution in [-0.2, 0) is 15.4 Å². The second-order valence-corrected chi connectivity index (χ2v) is 17.9. The molecule has 0 bridgehead atoms. The van der Waals surface area contributed by atoms with E-state index in [4.69, 9.17) is 0 Å². The van der Waals surface area contributed by atoms with Crippen LogP contribution in [0.3, 0.4) is 0 Å². The summed E-state index contributed by atoms with van der Waals surface area (Å²) in [7, 11) is -3.47. The molecule has 1 nitrogen and oxygen atoms in total. The summed E-state index contributed by atoms with van der Waals surface area (Å²) in [4.78, 5) is 0. The highest BCUT2D eigenvalue weighted by molar-refractivity contribution is 7.85. The Labute approximate surface area is 293 Å². The van der Waals surface area contributed by atoms with E-state index in [1.54, 1.807) is 0 Å². The van der Waals surface area contributed by atoms with E-state index < -0.39 is 7.14 Å². The molecule has 8 aromatic carbocycles. The molecule has 0 heterocycles. The maximum atomic E-state index is 17.0. The molecule has 0 radical (unpaired) electrons. The Morgan fingerprint density at radius 1 is 0.380 bits per heavy atom. The smallest absolute Gasteiger partial charge is 0.171 e. The molecule has 0 unspecified atom stereocenters. The van der Waals surface area contributed by atoms with Gasteiger partial charge in [0.1, 0.15) is 0 Å². The van der Waals surface area contributed by atoms with Crippen LogP contribution >= 0.6 is 7.14 Å². The first-order valence-corrected chi connectivity index (χ1v) is 19.3. The summed E-state index contributed by atoms with van der Waals surface area (Å²) in [6.07, 6.45) is 0. The zero-order valence-electron chi connectivity index (χ0n) is 28.8. The van der Waals surface area contributed by atoms with E-state index in [-0.39, 0.29) is 10.8 Å². The molecule has 0 amide bonds. The fraction of sp³-hybridized carbons (Fsp3) is 0.125. The van der Waals surface area contributed by atoms with Crippen molar-refractivity contribution in [2.24, 2.45) is 0 Å². The van der Waals surface area contributed by atoms with Crippen molar-refractivity contribution in [3.05, 3.63) is 174 Å². The van der Waals surface area contributed by atoms with Crippen molar-refractivity contribution in [1.82, 2.24) is 0 Å². The normalized spacial score (nSPS) is 15.2. The topological polar surface area (TPSA) is 17.1 Å². The lowest BCUT2D eigenvalue weighted by atomic mass is 9.82. The third kappa shape index (κ3) is 3.77. The largest absolute Gasteiger partial charge is 0.309 e. The second-order valence-electron chi connectivity index (χ2n) is 15.2. The standard InChI is InChI=1S/C48H37OP/c1-47(2)41-21-11-9-17-35(41)37-26-24-30(28-43(37)47)50(49,31-25-27-38-36-18-10-12-22-42(36)48(3,4)44(38)29-31)45-23-13-20-40-34-15-6-5-14-32(34)33-16-7-8-19-39(33)46(40)45/h5-29H,1-4H3. The Bertz CT molecular complexity index is 2640. The molecule has 0 saturated carbocycles. The molecule has 2 aliphatic carbocycles. The van der Waals surface area contributed by atoms with Gasteiger partial charge in [0.05, 0.1) is 0 Å². The Morgan fingerprint density at radius 2 is 0.760 bits per heavy atom. The minimum absolute atomic E-state index is 0.212. The summed E-state index contributed by atoms with van der Waals surface area (Å²) in [6, 6.07) is 54.6. The molecule has 50 heavy (non-hydrogen) atoms. The average molecular weight is 661 g/mol. The van der Waals surface area contributed by atoms with E-state index in [0.29, 0.717) is 0 Å². The van der Waals surface area contributed by atoms with E-state index in [1.165, 1.54) is 60.7 Å². The summed E-state index contributed by atoms with van der Waals surface area (Å²) in [6.45, 7) is 9.22. The van der Waals surface area contributed by atoms with Crippen LogP contribution in [0.25, 0.3) is 54.6 Å². The lowest BCUT2D eigenvalue weighted by Crippen LogP contribution is -2.28. The maximum Gasteiger partial charge on any atom is 0.171 e. The van der Waals surface area contributed by atoms with Gasteiger partial charge in [-0.1, -0.05) is 167 Å². The minimum Gasteiger partial charge on any atom is -0.309 e. The Hall–Kier alpha value is -5.23. The van der Waals surface area contributed by atoms with Gasteiger partial charge in [0.15, 0.2) is 7.14 Å². The van der Waals surface area contributed by atoms with Gasteiger partial charge in [-0.05, 0) is 83.6 Å².